The number of aliphatic imine (C=N–C) groups is 1. The lowest BCUT2D eigenvalue weighted by atomic mass is 9.72. The van der Waals surface area contributed by atoms with Gasteiger partial charge in [-0.1, -0.05) is 32.4 Å². The van der Waals surface area contributed by atoms with Crippen LogP contribution in [0, 0.1) is 14.9 Å². The van der Waals surface area contributed by atoms with Gasteiger partial charge in [-0.3, -0.25) is 4.79 Å². The molecule has 0 unspecified atom stereocenters. The van der Waals surface area contributed by atoms with E-state index in [4.69, 9.17) is 21.3 Å². The van der Waals surface area contributed by atoms with Crippen molar-refractivity contribution >= 4 is 68.3 Å². The van der Waals surface area contributed by atoms with Crippen LogP contribution >= 0.6 is 45.5 Å². The molecule has 4 rings (SSSR count). The van der Waals surface area contributed by atoms with Crippen LogP contribution in [0.25, 0.3) is 0 Å². The first-order valence-electron chi connectivity index (χ1n) is 11.2. The number of amides is 1. The van der Waals surface area contributed by atoms with Crippen molar-refractivity contribution in [2.75, 3.05) is 12.4 Å². The highest BCUT2D eigenvalue weighted by atomic mass is 127. The average molecular weight is 607 g/mol. The molecular weight excluding hydrogens is 579 g/mol. The Morgan fingerprint density at radius 1 is 1.24 bits per heavy atom. The van der Waals surface area contributed by atoms with E-state index >= 15 is 0 Å². The number of hydrogen-bond acceptors (Lipinski definition) is 4. The Hall–Kier alpha value is -1.90. The third-order valence-corrected chi connectivity index (χ3v) is 8.56. The first kappa shape index (κ1) is 25.2. The number of hydrogen-bond donors (Lipinski definition) is 1. The molecule has 3 aromatic rings. The van der Waals surface area contributed by atoms with Gasteiger partial charge in [0.15, 0.2) is 0 Å². The van der Waals surface area contributed by atoms with Crippen LogP contribution in [0.5, 0.6) is 5.75 Å². The smallest absolute Gasteiger partial charge is 0.259 e. The first-order valence-corrected chi connectivity index (χ1v) is 13.5. The van der Waals surface area contributed by atoms with Gasteiger partial charge in [0, 0.05) is 21.8 Å². The van der Waals surface area contributed by atoms with Crippen LogP contribution in [-0.2, 0) is 12.8 Å². The lowest BCUT2D eigenvalue weighted by molar-refractivity contribution is 0.102. The molecule has 34 heavy (non-hydrogen) atoms. The first-order chi connectivity index (χ1) is 16.2. The number of rotatable bonds is 5. The van der Waals surface area contributed by atoms with E-state index in [1.165, 1.54) is 4.88 Å². The third-order valence-electron chi connectivity index (χ3n) is 6.31. The van der Waals surface area contributed by atoms with Gasteiger partial charge in [-0.05, 0) is 107 Å². The predicted molar refractivity (Wildman–Crippen MR) is 152 cm³/mol. The molecule has 1 atom stereocenters. The fourth-order valence-corrected chi connectivity index (χ4v) is 6.41. The molecule has 0 fully saturated rings. The zero-order chi connectivity index (χ0) is 24.5. The summed E-state index contributed by atoms with van der Waals surface area (Å²) in [5.74, 6) is 1.30. The summed E-state index contributed by atoms with van der Waals surface area (Å²) in [5.41, 5.74) is 3.76. The van der Waals surface area contributed by atoms with Gasteiger partial charge in [0.2, 0.25) is 0 Å². The standard InChI is InChI=1S/C27H28ClIN2O2S/c1-27(2,3)17-6-11-20-23(14-17)34-26(30-15-16-5-12-22(33-4)21(29)13-16)24(20)25(32)31-19-9-7-18(28)8-10-19/h5,7-10,12-13,15,17H,6,11,14H2,1-4H3,(H,31,32)/t17-/m1/s1. The highest BCUT2D eigenvalue weighted by molar-refractivity contribution is 14.1. The van der Waals surface area contributed by atoms with Crippen LogP contribution in [0.2, 0.25) is 5.02 Å². The second-order valence-corrected chi connectivity index (χ2v) is 12.3. The zero-order valence-corrected chi connectivity index (χ0v) is 23.5. The topological polar surface area (TPSA) is 50.7 Å². The minimum absolute atomic E-state index is 0.120. The summed E-state index contributed by atoms with van der Waals surface area (Å²) in [5, 5.41) is 4.44. The van der Waals surface area contributed by atoms with Gasteiger partial charge in [0.05, 0.1) is 16.2 Å². The number of carbonyl (C=O) groups excluding carboxylic acids is 1. The quantitative estimate of drug-likeness (QED) is 0.235. The number of benzene rings is 2. The van der Waals surface area contributed by atoms with Crippen molar-refractivity contribution in [1.29, 1.82) is 0 Å². The molecule has 2 aromatic carbocycles. The van der Waals surface area contributed by atoms with Gasteiger partial charge in [0.25, 0.3) is 5.91 Å². The summed E-state index contributed by atoms with van der Waals surface area (Å²) in [6.07, 6.45) is 4.79. The minimum Gasteiger partial charge on any atom is -0.496 e. The minimum atomic E-state index is -0.120. The van der Waals surface area contributed by atoms with Crippen molar-refractivity contribution in [1.82, 2.24) is 0 Å². The van der Waals surface area contributed by atoms with Crippen molar-refractivity contribution in [3.8, 4) is 5.75 Å². The summed E-state index contributed by atoms with van der Waals surface area (Å²) < 4.78 is 6.38. The Bertz CT molecular complexity index is 1230. The number of fused-ring (bicyclic) bond motifs is 1. The summed E-state index contributed by atoms with van der Waals surface area (Å²) in [6, 6.07) is 13.1. The lowest BCUT2D eigenvalue weighted by Gasteiger charge is -2.33. The number of nitrogens with zero attached hydrogens (tertiary/aromatic N) is 1. The summed E-state index contributed by atoms with van der Waals surface area (Å²) in [6.45, 7) is 6.90. The van der Waals surface area contributed by atoms with Crippen LogP contribution in [0.3, 0.4) is 0 Å². The van der Waals surface area contributed by atoms with Gasteiger partial charge in [-0.15, -0.1) is 11.3 Å². The van der Waals surface area contributed by atoms with Gasteiger partial charge < -0.3 is 10.1 Å². The van der Waals surface area contributed by atoms with Crippen molar-refractivity contribution in [2.24, 2.45) is 16.3 Å². The van der Waals surface area contributed by atoms with Crippen LogP contribution < -0.4 is 10.1 Å². The Labute approximate surface area is 223 Å². The van der Waals surface area contributed by atoms with Gasteiger partial charge in [0.1, 0.15) is 10.8 Å². The molecule has 0 saturated heterocycles. The number of anilines is 1. The molecule has 1 N–H and O–H groups in total. The maximum atomic E-state index is 13.5. The lowest BCUT2D eigenvalue weighted by Crippen LogP contribution is -2.27. The summed E-state index contributed by atoms with van der Waals surface area (Å²) in [4.78, 5) is 19.5. The van der Waals surface area contributed by atoms with E-state index in [9.17, 15) is 4.79 Å². The van der Waals surface area contributed by atoms with E-state index in [1.807, 2.05) is 36.5 Å². The number of thiophene rings is 1. The number of nitrogens with one attached hydrogen (secondary N) is 1. The molecule has 1 aromatic heterocycles. The molecular formula is C27H28ClIN2O2S. The molecule has 1 aliphatic carbocycles. The molecule has 0 saturated carbocycles. The Kier molecular flexibility index (Phi) is 7.69. The molecule has 0 spiro atoms. The predicted octanol–water partition coefficient (Wildman–Crippen LogP) is 8.17. The molecule has 0 aliphatic heterocycles. The fourth-order valence-electron chi connectivity index (χ4n) is 4.26. The fraction of sp³-hybridized carbons (Fsp3) is 0.333. The molecule has 0 radical (unpaired) electrons. The van der Waals surface area contributed by atoms with E-state index in [2.05, 4.69) is 48.7 Å². The number of methoxy groups -OCH3 is 1. The van der Waals surface area contributed by atoms with Crippen LogP contribution in [0.4, 0.5) is 10.7 Å². The molecule has 4 nitrogen and oxygen atoms in total. The monoisotopic (exact) mass is 606 g/mol. The van der Waals surface area contributed by atoms with E-state index in [0.29, 0.717) is 16.5 Å². The van der Waals surface area contributed by atoms with E-state index < -0.39 is 0 Å². The van der Waals surface area contributed by atoms with Gasteiger partial charge in [-0.25, -0.2) is 4.99 Å². The van der Waals surface area contributed by atoms with E-state index in [1.54, 1.807) is 30.6 Å². The second kappa shape index (κ2) is 10.4. The van der Waals surface area contributed by atoms with Gasteiger partial charge >= 0.3 is 0 Å². The maximum Gasteiger partial charge on any atom is 0.259 e. The van der Waals surface area contributed by atoms with E-state index in [0.717, 1.165) is 50.4 Å². The highest BCUT2D eigenvalue weighted by Crippen LogP contribution is 2.45. The van der Waals surface area contributed by atoms with Crippen molar-refractivity contribution in [2.45, 2.75) is 40.0 Å². The van der Waals surface area contributed by atoms with Crippen LogP contribution in [0.15, 0.2) is 47.5 Å². The second-order valence-electron chi connectivity index (χ2n) is 9.60. The Morgan fingerprint density at radius 3 is 2.62 bits per heavy atom. The number of carbonyl (C=O) groups is 1. The molecule has 178 valence electrons. The average Bonchev–Trinajstić information content (AvgIpc) is 3.16. The maximum absolute atomic E-state index is 13.5. The summed E-state index contributed by atoms with van der Waals surface area (Å²) >= 11 is 9.91. The normalized spacial score (nSPS) is 15.9. The zero-order valence-electron chi connectivity index (χ0n) is 19.7. The molecule has 1 amide bonds. The van der Waals surface area contributed by atoms with Crippen molar-refractivity contribution in [3.63, 3.8) is 0 Å². The molecule has 0 bridgehead atoms. The van der Waals surface area contributed by atoms with Crippen LogP contribution in [-0.4, -0.2) is 19.2 Å². The Morgan fingerprint density at radius 2 is 1.97 bits per heavy atom. The van der Waals surface area contributed by atoms with E-state index in [-0.39, 0.29) is 11.3 Å². The third kappa shape index (κ3) is 5.66. The van der Waals surface area contributed by atoms with Crippen LogP contribution in [0.1, 0.15) is 53.6 Å². The van der Waals surface area contributed by atoms with Gasteiger partial charge in [-0.2, -0.15) is 0 Å². The van der Waals surface area contributed by atoms with Crippen molar-refractivity contribution in [3.05, 3.63) is 72.6 Å². The largest absolute Gasteiger partial charge is 0.496 e. The molecule has 1 aliphatic rings. The SMILES string of the molecule is COc1ccc(C=Nc2sc3c(c2C(=O)Nc2ccc(Cl)cc2)CC[C@@H](C(C)(C)C)C3)cc1I. The van der Waals surface area contributed by atoms with Crippen molar-refractivity contribution < 1.29 is 9.53 Å². The highest BCUT2D eigenvalue weighted by Gasteiger charge is 2.33. The number of ether oxygens (including phenoxy) is 1. The molecule has 1 heterocycles. The molecule has 7 heteroatoms. The summed E-state index contributed by atoms with van der Waals surface area (Å²) in [7, 11) is 1.66. The number of halogens is 2. The Balaban J connectivity index is 1.69.